The minimum absolute atomic E-state index is 0. The summed E-state index contributed by atoms with van der Waals surface area (Å²) >= 11 is -4.64. The standard InChI is InChI=1S/Al.3FH.3Na.3H/h;3*1H;;;;;;/q+3;;;;3*+1;3*-1/p-3. The third-order valence-corrected chi connectivity index (χ3v) is 0. The van der Waals surface area contributed by atoms with Crippen LogP contribution in [0.4, 0.5) is 10.6 Å². The van der Waals surface area contributed by atoms with E-state index in [1.807, 2.05) is 0 Å². The molecule has 0 bridgehead atoms. The molecule has 0 aromatic carbocycles. The Morgan fingerprint density at radius 1 is 0.857 bits per heavy atom. The zero-order chi connectivity index (χ0) is 3.58. The first-order valence-corrected chi connectivity index (χ1v) is 1.96. The van der Waals surface area contributed by atoms with Crippen molar-refractivity contribution in [3.8, 4) is 0 Å². The molecule has 0 saturated carbocycles. The summed E-state index contributed by atoms with van der Waals surface area (Å²) in [5.74, 6) is 0. The molecule has 0 heterocycles. The molecular formula is H3AlF3Na3. The zero-order valence-electron chi connectivity index (χ0n) is 7.71. The molecule has 0 N–H and O–H groups in total. The molecule has 0 aliphatic heterocycles. The zero-order valence-corrected chi connectivity index (χ0v) is 11.9. The van der Waals surface area contributed by atoms with Crippen LogP contribution >= 0.6 is 0 Å². The smallest absolute Gasteiger partial charge is 1.00 e. The van der Waals surface area contributed by atoms with E-state index in [4.69, 9.17) is 0 Å². The first-order chi connectivity index (χ1) is 1.73. The van der Waals surface area contributed by atoms with Gasteiger partial charge in [0.1, 0.15) is 0 Å². The van der Waals surface area contributed by atoms with Crippen LogP contribution in [0.25, 0.3) is 0 Å². The predicted octanol–water partition coefficient (Wildman–Crippen LogP) is -7.77. The van der Waals surface area contributed by atoms with Gasteiger partial charge in [0.15, 0.2) is 0 Å². The molecule has 0 aromatic heterocycles. The molecule has 0 saturated heterocycles. The van der Waals surface area contributed by atoms with Gasteiger partial charge in [-0.2, -0.15) is 0 Å². The third kappa shape index (κ3) is 45.3. The van der Waals surface area contributed by atoms with Crippen molar-refractivity contribution >= 4 is 15.5 Å². The van der Waals surface area contributed by atoms with E-state index in [1.165, 1.54) is 0 Å². The van der Waals surface area contributed by atoms with Crippen LogP contribution in [0.3, 0.4) is 0 Å². The van der Waals surface area contributed by atoms with Gasteiger partial charge in [0.2, 0.25) is 0 Å². The van der Waals surface area contributed by atoms with Crippen molar-refractivity contribution < 1.29 is 104 Å². The molecule has 30 valence electrons. The normalized spacial score (nSPS) is 3.86. The van der Waals surface area contributed by atoms with E-state index in [1.54, 1.807) is 0 Å². The second kappa shape index (κ2) is 16.2. The molecule has 0 aliphatic carbocycles. The molecule has 0 rings (SSSR count). The van der Waals surface area contributed by atoms with Gasteiger partial charge in [0.05, 0.1) is 0 Å². The maximum Gasteiger partial charge on any atom is 1.04 e. The van der Waals surface area contributed by atoms with Gasteiger partial charge >= 0.3 is 104 Å². The molecular weight excluding hydrogens is 153 g/mol. The van der Waals surface area contributed by atoms with Crippen LogP contribution in [0.1, 0.15) is 4.28 Å². The Morgan fingerprint density at radius 2 is 0.857 bits per heavy atom. The number of halogens is 3. The third-order valence-electron chi connectivity index (χ3n) is 0. The summed E-state index contributed by atoms with van der Waals surface area (Å²) in [6.07, 6.45) is 0. The molecule has 0 aliphatic rings. The monoisotopic (exact) mass is 156 g/mol. The van der Waals surface area contributed by atoms with Gasteiger partial charge in [-0.1, -0.05) is 0 Å². The van der Waals surface area contributed by atoms with E-state index in [0.29, 0.717) is 0 Å². The van der Waals surface area contributed by atoms with Crippen molar-refractivity contribution in [2.24, 2.45) is 0 Å². The molecule has 0 amide bonds. The first kappa shape index (κ1) is 22.4. The number of rotatable bonds is 0. The first-order valence-electron chi connectivity index (χ1n) is 0.655. The Hall–Kier alpha value is 3.32. The van der Waals surface area contributed by atoms with E-state index in [9.17, 15) is 10.6 Å². The van der Waals surface area contributed by atoms with Crippen molar-refractivity contribution in [3.05, 3.63) is 0 Å². The van der Waals surface area contributed by atoms with Gasteiger partial charge in [-0.25, -0.2) is 0 Å². The summed E-state index contributed by atoms with van der Waals surface area (Å²) in [6, 6.07) is 0. The van der Waals surface area contributed by atoms with Gasteiger partial charge in [-0.3, -0.25) is 0 Å². The second-order valence-corrected chi connectivity index (χ2v) is 0.742. The van der Waals surface area contributed by atoms with Crippen molar-refractivity contribution in [2.75, 3.05) is 0 Å². The summed E-state index contributed by atoms with van der Waals surface area (Å²) in [4.78, 5) is 0. The van der Waals surface area contributed by atoms with E-state index >= 15 is 0 Å². The Bertz CT molecular complexity index is 23.7. The van der Waals surface area contributed by atoms with Gasteiger partial charge in [0.25, 0.3) is 0 Å². The van der Waals surface area contributed by atoms with E-state index < -0.39 is 15.5 Å². The van der Waals surface area contributed by atoms with Gasteiger partial charge in [-0.15, -0.1) is 0 Å². The molecule has 0 fully saturated rings. The average Bonchev–Trinajstić information content (AvgIpc) is 0.811. The number of hydrogen-bond donors (Lipinski definition) is 0. The van der Waals surface area contributed by atoms with E-state index in [-0.39, 0.29) is 93.0 Å². The topological polar surface area (TPSA) is 0 Å². The van der Waals surface area contributed by atoms with Crippen LogP contribution in [0, 0.1) is 0 Å². The molecule has 0 nitrogen and oxygen atoms in total. The molecule has 0 spiro atoms. The molecule has 7 heavy (non-hydrogen) atoms. The van der Waals surface area contributed by atoms with Crippen LogP contribution in [-0.4, -0.2) is 15.5 Å². The van der Waals surface area contributed by atoms with Crippen LogP contribution < -0.4 is 88.7 Å². The summed E-state index contributed by atoms with van der Waals surface area (Å²) < 4.78 is 29.4. The van der Waals surface area contributed by atoms with Crippen molar-refractivity contribution in [3.63, 3.8) is 0 Å². The van der Waals surface area contributed by atoms with Crippen LogP contribution in [0.15, 0.2) is 0 Å². The summed E-state index contributed by atoms with van der Waals surface area (Å²) in [7, 11) is 0. The van der Waals surface area contributed by atoms with Crippen LogP contribution in [-0.2, 0) is 0 Å². The van der Waals surface area contributed by atoms with Gasteiger partial charge in [-0.05, 0) is 0 Å². The number of hydrogen-bond acceptors (Lipinski definition) is 0. The fourth-order valence-electron chi connectivity index (χ4n) is 0. The van der Waals surface area contributed by atoms with Gasteiger partial charge < -0.3 is 14.9 Å². The van der Waals surface area contributed by atoms with Crippen LogP contribution in [0.2, 0.25) is 0 Å². The van der Waals surface area contributed by atoms with Crippen LogP contribution in [0.5, 0.6) is 0 Å². The fourth-order valence-corrected chi connectivity index (χ4v) is 0. The summed E-state index contributed by atoms with van der Waals surface area (Å²) in [5.41, 5.74) is 0. The maximum atomic E-state index is 9.81. The molecule has 0 aromatic rings. The molecule has 7 heteroatoms. The minimum atomic E-state index is -4.64. The Kier molecular flexibility index (Phi) is 51.8. The summed E-state index contributed by atoms with van der Waals surface area (Å²) in [6.45, 7) is 0. The fraction of sp³-hybridized carbons (Fsp3) is 0. The Labute approximate surface area is 117 Å². The molecule has 0 unspecified atom stereocenters. The van der Waals surface area contributed by atoms with Gasteiger partial charge in [0, 0.05) is 0 Å². The maximum absolute atomic E-state index is 9.81. The predicted molar refractivity (Wildman–Crippen MR) is 12.4 cm³/mol. The summed E-state index contributed by atoms with van der Waals surface area (Å²) in [5, 5.41) is 0. The van der Waals surface area contributed by atoms with E-state index in [2.05, 4.69) is 0 Å². The Morgan fingerprint density at radius 3 is 0.857 bits per heavy atom. The SMILES string of the molecule is [F][Al]([F])[F].[H-].[H-].[H-].[Na+].[Na+].[Na+]. The van der Waals surface area contributed by atoms with Crippen molar-refractivity contribution in [1.29, 1.82) is 0 Å². The molecule has 0 radical (unpaired) electrons. The van der Waals surface area contributed by atoms with E-state index in [0.717, 1.165) is 0 Å². The second-order valence-electron chi connectivity index (χ2n) is 0.247. The quantitative estimate of drug-likeness (QED) is 0.305. The minimum Gasteiger partial charge on any atom is -1.00 e. The van der Waals surface area contributed by atoms with Crippen molar-refractivity contribution in [1.82, 2.24) is 0 Å². The van der Waals surface area contributed by atoms with Crippen molar-refractivity contribution in [2.45, 2.75) is 0 Å². The molecule has 0 atom stereocenters. The largest absolute Gasteiger partial charge is 1.04 e. The average molecular weight is 156 g/mol. The Balaban J connectivity index is -0.00000000300.